The Hall–Kier alpha value is -1.74. The number of aromatic hydroxyl groups is 1. The van der Waals surface area contributed by atoms with E-state index in [0.717, 1.165) is 0 Å². The van der Waals surface area contributed by atoms with Crippen molar-refractivity contribution in [3.05, 3.63) is 52.9 Å². The molecule has 0 aliphatic heterocycles. The second-order valence-electron chi connectivity index (χ2n) is 4.79. The number of pyridine rings is 2. The highest BCUT2D eigenvalue weighted by Crippen LogP contribution is 2.20. The van der Waals surface area contributed by atoms with Gasteiger partial charge >= 0.3 is 0 Å². The third kappa shape index (κ3) is 3.92. The number of aliphatic hydroxyl groups is 1. The molecule has 0 atom stereocenters. The molecule has 2 rings (SSSR count). The molecule has 0 aliphatic carbocycles. The Morgan fingerprint density at radius 2 is 2.09 bits per heavy atom. The fourth-order valence-electron chi connectivity index (χ4n) is 1.95. The Labute approximate surface area is 146 Å². The Bertz CT molecular complexity index is 754. The van der Waals surface area contributed by atoms with Crippen molar-refractivity contribution in [2.24, 2.45) is 24.3 Å². The minimum absolute atomic E-state index is 0. The zero-order valence-electron chi connectivity index (χ0n) is 12.7. The molecule has 0 saturated heterocycles. The van der Waals surface area contributed by atoms with E-state index in [9.17, 15) is 10.2 Å². The molecule has 6 nitrogen and oxygen atoms in total. The van der Waals surface area contributed by atoms with E-state index in [1.54, 1.807) is 17.7 Å². The molecular formula is C15H19IN4O2. The van der Waals surface area contributed by atoms with Gasteiger partial charge in [0.15, 0.2) is 17.4 Å². The number of halogens is 1. The number of aliphatic hydroxyl groups excluding tert-OH is 1. The maximum atomic E-state index is 10.2. The van der Waals surface area contributed by atoms with E-state index in [1.165, 1.54) is 6.21 Å². The van der Waals surface area contributed by atoms with Gasteiger partial charge in [0.1, 0.15) is 7.05 Å². The van der Waals surface area contributed by atoms with Crippen molar-refractivity contribution in [1.29, 1.82) is 0 Å². The molecule has 0 aromatic carbocycles. The Morgan fingerprint density at radius 3 is 2.73 bits per heavy atom. The van der Waals surface area contributed by atoms with E-state index >= 15 is 0 Å². The number of hydrogen-bond acceptors (Lipinski definition) is 4. The van der Waals surface area contributed by atoms with Crippen LogP contribution in [0.4, 0.5) is 0 Å². The van der Waals surface area contributed by atoms with E-state index < -0.39 is 0 Å². The average molecular weight is 414 g/mol. The summed E-state index contributed by atoms with van der Waals surface area (Å²) in [6.07, 6.45) is 5.09. The number of aryl methyl sites for hydroxylation is 2. The molecule has 0 amide bonds. The van der Waals surface area contributed by atoms with Gasteiger partial charge in [0.25, 0.3) is 0 Å². The highest BCUT2D eigenvalue weighted by atomic mass is 127. The molecule has 2 aromatic rings. The van der Waals surface area contributed by atoms with Gasteiger partial charge in [0, 0.05) is 20.2 Å². The SMILES string of the molecule is Cc1c(O)c(/C=N/N=c2\ccccn2C)c(CO)c[n+]1C.[I-]. The van der Waals surface area contributed by atoms with Gasteiger partial charge in [0.2, 0.25) is 5.69 Å². The van der Waals surface area contributed by atoms with Gasteiger partial charge in [-0.25, -0.2) is 4.57 Å². The normalized spacial score (nSPS) is 11.7. The third-order valence-corrected chi connectivity index (χ3v) is 3.37. The predicted octanol–water partition coefficient (Wildman–Crippen LogP) is -2.71. The first-order chi connectivity index (χ1) is 10.0. The van der Waals surface area contributed by atoms with Gasteiger partial charge in [-0.05, 0) is 12.1 Å². The topological polar surface area (TPSA) is 74.0 Å². The summed E-state index contributed by atoms with van der Waals surface area (Å²) in [6.45, 7) is 1.62. The first kappa shape index (κ1) is 18.3. The zero-order valence-corrected chi connectivity index (χ0v) is 14.9. The van der Waals surface area contributed by atoms with E-state index in [1.807, 2.05) is 43.1 Å². The van der Waals surface area contributed by atoms with Crippen LogP contribution in [0.15, 0.2) is 40.8 Å². The first-order valence-electron chi connectivity index (χ1n) is 6.55. The molecule has 22 heavy (non-hydrogen) atoms. The van der Waals surface area contributed by atoms with Crippen molar-refractivity contribution >= 4 is 6.21 Å². The van der Waals surface area contributed by atoms with Crippen LogP contribution in [0.2, 0.25) is 0 Å². The van der Waals surface area contributed by atoms with Crippen molar-refractivity contribution in [1.82, 2.24) is 4.57 Å². The summed E-state index contributed by atoms with van der Waals surface area (Å²) < 4.78 is 3.59. The van der Waals surface area contributed by atoms with E-state index in [4.69, 9.17) is 0 Å². The van der Waals surface area contributed by atoms with Crippen molar-refractivity contribution in [2.45, 2.75) is 13.5 Å². The van der Waals surface area contributed by atoms with E-state index in [0.29, 0.717) is 22.3 Å². The van der Waals surface area contributed by atoms with Crippen LogP contribution in [0.3, 0.4) is 0 Å². The quantitative estimate of drug-likeness (QED) is 0.248. The Balaban J connectivity index is 0.00000242. The molecule has 2 N–H and O–H groups in total. The average Bonchev–Trinajstić information content (AvgIpc) is 2.48. The maximum Gasteiger partial charge on any atom is 0.220 e. The lowest BCUT2D eigenvalue weighted by atomic mass is 10.1. The van der Waals surface area contributed by atoms with Crippen LogP contribution in [-0.4, -0.2) is 21.0 Å². The van der Waals surface area contributed by atoms with Crippen LogP contribution in [0.1, 0.15) is 16.8 Å². The summed E-state index contributed by atoms with van der Waals surface area (Å²) in [6, 6.07) is 5.61. The number of hydrogen-bond donors (Lipinski definition) is 2. The van der Waals surface area contributed by atoms with Crippen LogP contribution in [0.25, 0.3) is 0 Å². The highest BCUT2D eigenvalue weighted by Gasteiger charge is 2.17. The van der Waals surface area contributed by atoms with Crippen molar-refractivity contribution in [2.75, 3.05) is 0 Å². The maximum absolute atomic E-state index is 10.2. The summed E-state index contributed by atoms with van der Waals surface area (Å²) in [5, 5.41) is 27.7. The van der Waals surface area contributed by atoms with Gasteiger partial charge in [-0.15, -0.1) is 5.10 Å². The third-order valence-electron chi connectivity index (χ3n) is 3.37. The van der Waals surface area contributed by atoms with E-state index in [-0.39, 0.29) is 36.3 Å². The van der Waals surface area contributed by atoms with Gasteiger partial charge in [0.05, 0.1) is 23.9 Å². The molecule has 2 aromatic heterocycles. The molecule has 0 radical (unpaired) electrons. The van der Waals surface area contributed by atoms with Crippen LogP contribution >= 0.6 is 0 Å². The Morgan fingerprint density at radius 1 is 1.36 bits per heavy atom. The number of aromatic nitrogens is 2. The summed E-state index contributed by atoms with van der Waals surface area (Å²) in [5.41, 5.74) is 2.46. The molecule has 7 heteroatoms. The molecule has 0 spiro atoms. The molecule has 2 heterocycles. The summed E-state index contributed by atoms with van der Waals surface area (Å²) >= 11 is 0. The lowest BCUT2D eigenvalue weighted by molar-refractivity contribution is -0.678. The monoisotopic (exact) mass is 414 g/mol. The second-order valence-corrected chi connectivity index (χ2v) is 4.79. The number of nitrogens with zero attached hydrogens (tertiary/aromatic N) is 4. The fraction of sp³-hybridized carbons (Fsp3) is 0.267. The van der Waals surface area contributed by atoms with E-state index in [2.05, 4.69) is 10.2 Å². The zero-order chi connectivity index (χ0) is 15.4. The van der Waals surface area contributed by atoms with Crippen LogP contribution in [0.5, 0.6) is 5.75 Å². The lowest BCUT2D eigenvalue weighted by Gasteiger charge is -2.05. The predicted molar refractivity (Wildman–Crippen MR) is 78.5 cm³/mol. The summed E-state index contributed by atoms with van der Waals surface area (Å²) in [4.78, 5) is 0. The minimum atomic E-state index is -0.178. The van der Waals surface area contributed by atoms with Crippen molar-refractivity contribution < 1.29 is 38.8 Å². The van der Waals surface area contributed by atoms with Gasteiger partial charge in [-0.2, -0.15) is 5.10 Å². The van der Waals surface area contributed by atoms with Crippen molar-refractivity contribution in [3.63, 3.8) is 0 Å². The lowest BCUT2D eigenvalue weighted by Crippen LogP contribution is -3.00. The molecule has 0 fully saturated rings. The molecular weight excluding hydrogens is 395 g/mol. The van der Waals surface area contributed by atoms with Crippen LogP contribution in [-0.2, 0) is 20.7 Å². The van der Waals surface area contributed by atoms with Crippen molar-refractivity contribution in [3.8, 4) is 5.75 Å². The standard InChI is InChI=1S/C15H18N4O2.HI/c1-11-15(21)13(12(10-20)9-19(11)3)8-16-17-14-6-4-5-7-18(14)2;/h4-9,20H,10H2,1-3H3;1H. The smallest absolute Gasteiger partial charge is 0.220 e. The van der Waals surface area contributed by atoms with Crippen LogP contribution in [0, 0.1) is 6.92 Å². The fourth-order valence-corrected chi connectivity index (χ4v) is 1.95. The second kappa shape index (κ2) is 8.04. The largest absolute Gasteiger partial charge is 1.00 e. The Kier molecular flexibility index (Phi) is 6.69. The van der Waals surface area contributed by atoms with Crippen LogP contribution < -0.4 is 34.0 Å². The van der Waals surface area contributed by atoms with Gasteiger partial charge in [-0.1, -0.05) is 6.07 Å². The van der Waals surface area contributed by atoms with Gasteiger partial charge < -0.3 is 38.8 Å². The summed E-state index contributed by atoms with van der Waals surface area (Å²) in [5.74, 6) is 0.0976. The van der Waals surface area contributed by atoms with Gasteiger partial charge in [-0.3, -0.25) is 0 Å². The molecule has 0 unspecified atom stereocenters. The molecule has 0 bridgehead atoms. The summed E-state index contributed by atoms with van der Waals surface area (Å²) in [7, 11) is 3.68. The number of rotatable bonds is 3. The molecule has 118 valence electrons. The molecule has 0 saturated carbocycles. The highest BCUT2D eigenvalue weighted by molar-refractivity contribution is 5.85. The molecule has 0 aliphatic rings. The first-order valence-corrected chi connectivity index (χ1v) is 6.55. The minimum Gasteiger partial charge on any atom is -1.00 e.